The highest BCUT2D eigenvalue weighted by Crippen LogP contribution is 2.29. The highest BCUT2D eigenvalue weighted by molar-refractivity contribution is 5.87. The van der Waals surface area contributed by atoms with Crippen LogP contribution in [-0.4, -0.2) is 31.6 Å². The number of rotatable bonds is 3. The normalized spacial score (nSPS) is 31.5. The van der Waals surface area contributed by atoms with Gasteiger partial charge in [-0.1, -0.05) is 6.58 Å². The van der Waals surface area contributed by atoms with E-state index in [0.717, 1.165) is 0 Å². The van der Waals surface area contributed by atoms with Crippen molar-refractivity contribution in [2.24, 2.45) is 0 Å². The fourth-order valence-corrected chi connectivity index (χ4v) is 1.31. The molecule has 0 aliphatic carbocycles. The van der Waals surface area contributed by atoms with Crippen LogP contribution in [0.1, 0.15) is 20.3 Å². The van der Waals surface area contributed by atoms with Gasteiger partial charge in [-0.25, -0.2) is 4.79 Å². The molecule has 0 amide bonds. The third-order valence-electron chi connectivity index (χ3n) is 2.36. The lowest BCUT2D eigenvalue weighted by Crippen LogP contribution is -2.40. The van der Waals surface area contributed by atoms with E-state index in [-0.39, 0.29) is 6.10 Å². The van der Waals surface area contributed by atoms with Crippen molar-refractivity contribution in [2.75, 3.05) is 13.7 Å². The molecule has 0 spiro atoms. The molecule has 4 heteroatoms. The molecule has 0 saturated carbocycles. The zero-order valence-electron chi connectivity index (χ0n) is 8.83. The average molecular weight is 200 g/mol. The van der Waals surface area contributed by atoms with Gasteiger partial charge in [0.1, 0.15) is 0 Å². The van der Waals surface area contributed by atoms with Gasteiger partial charge in [-0.3, -0.25) is 0 Å². The van der Waals surface area contributed by atoms with E-state index < -0.39 is 11.8 Å². The molecule has 1 heterocycles. The average Bonchev–Trinajstić information content (AvgIpc) is 2.49. The van der Waals surface area contributed by atoms with Crippen LogP contribution in [0, 0.1) is 0 Å². The van der Waals surface area contributed by atoms with Crippen LogP contribution >= 0.6 is 0 Å². The molecule has 4 nitrogen and oxygen atoms in total. The van der Waals surface area contributed by atoms with Crippen LogP contribution in [0.25, 0.3) is 0 Å². The lowest BCUT2D eigenvalue weighted by Gasteiger charge is -2.28. The Morgan fingerprint density at radius 3 is 2.79 bits per heavy atom. The number of carbonyl (C=O) groups is 1. The Morgan fingerprint density at radius 2 is 2.29 bits per heavy atom. The summed E-state index contributed by atoms with van der Waals surface area (Å²) in [5.41, 5.74) is 0.385. The maximum atomic E-state index is 11.3. The summed E-state index contributed by atoms with van der Waals surface area (Å²) in [7, 11) is 1.53. The zero-order chi connectivity index (χ0) is 10.8. The summed E-state index contributed by atoms with van der Waals surface area (Å²) in [6.07, 6.45) is 0.306. The Hall–Kier alpha value is -0.870. The van der Waals surface area contributed by atoms with Crippen LogP contribution in [0.4, 0.5) is 0 Å². The van der Waals surface area contributed by atoms with Gasteiger partial charge in [0.25, 0.3) is 0 Å². The van der Waals surface area contributed by atoms with Crippen molar-refractivity contribution in [1.82, 2.24) is 0 Å². The molecule has 0 radical (unpaired) electrons. The highest BCUT2D eigenvalue weighted by atomic mass is 16.7. The van der Waals surface area contributed by atoms with Crippen LogP contribution in [0.2, 0.25) is 0 Å². The van der Waals surface area contributed by atoms with Gasteiger partial charge in [-0.2, -0.15) is 0 Å². The predicted molar refractivity (Wildman–Crippen MR) is 50.7 cm³/mol. The molecule has 1 aliphatic rings. The largest absolute Gasteiger partial charge is 0.453 e. The van der Waals surface area contributed by atoms with Gasteiger partial charge in [0.2, 0.25) is 5.79 Å². The molecule has 0 aromatic carbocycles. The Kier molecular flexibility index (Phi) is 3.29. The molecule has 14 heavy (non-hydrogen) atoms. The summed E-state index contributed by atoms with van der Waals surface area (Å²) < 4.78 is 15.7. The van der Waals surface area contributed by atoms with E-state index in [1.807, 2.05) is 0 Å². The van der Waals surface area contributed by atoms with E-state index >= 15 is 0 Å². The summed E-state index contributed by atoms with van der Waals surface area (Å²) in [6, 6.07) is 0. The zero-order valence-corrected chi connectivity index (χ0v) is 8.83. The molecular weight excluding hydrogens is 184 g/mol. The van der Waals surface area contributed by atoms with Crippen molar-refractivity contribution in [3.63, 3.8) is 0 Å². The molecule has 0 bridgehead atoms. The topological polar surface area (TPSA) is 44.8 Å². The highest BCUT2D eigenvalue weighted by Gasteiger charge is 2.43. The molecule has 0 aromatic rings. The second-order valence-electron chi connectivity index (χ2n) is 3.53. The van der Waals surface area contributed by atoms with Gasteiger partial charge in [0, 0.05) is 19.1 Å². The first kappa shape index (κ1) is 11.2. The van der Waals surface area contributed by atoms with Crippen molar-refractivity contribution < 1.29 is 19.0 Å². The second kappa shape index (κ2) is 4.11. The summed E-state index contributed by atoms with van der Waals surface area (Å²) >= 11 is 0. The molecular formula is C10H16O4. The third-order valence-corrected chi connectivity index (χ3v) is 2.36. The molecule has 1 rings (SSSR count). The van der Waals surface area contributed by atoms with Gasteiger partial charge >= 0.3 is 5.97 Å². The summed E-state index contributed by atoms with van der Waals surface area (Å²) in [4.78, 5) is 11.3. The Bertz CT molecular complexity index is 249. The molecule has 80 valence electrons. The smallest absolute Gasteiger partial charge is 0.333 e. The first-order chi connectivity index (χ1) is 6.49. The fourth-order valence-electron chi connectivity index (χ4n) is 1.31. The minimum atomic E-state index is -0.814. The molecule has 0 aromatic heterocycles. The minimum Gasteiger partial charge on any atom is -0.453 e. The first-order valence-electron chi connectivity index (χ1n) is 4.55. The maximum Gasteiger partial charge on any atom is 0.333 e. The quantitative estimate of drug-likeness (QED) is 0.508. The summed E-state index contributed by atoms with van der Waals surface area (Å²) in [5.74, 6) is -1.21. The lowest BCUT2D eigenvalue weighted by molar-refractivity contribution is -0.227. The van der Waals surface area contributed by atoms with Crippen molar-refractivity contribution in [1.29, 1.82) is 0 Å². The third kappa shape index (κ3) is 2.13. The Morgan fingerprint density at radius 1 is 1.64 bits per heavy atom. The SMILES string of the molecule is C=C(C)C(=O)OC1CCOC1(C)OC. The number of methoxy groups -OCH3 is 1. The van der Waals surface area contributed by atoms with Crippen molar-refractivity contribution >= 4 is 5.97 Å². The fraction of sp³-hybridized carbons (Fsp3) is 0.700. The lowest BCUT2D eigenvalue weighted by atomic mass is 10.1. The van der Waals surface area contributed by atoms with Gasteiger partial charge in [0.05, 0.1) is 6.61 Å². The molecule has 0 N–H and O–H groups in total. The van der Waals surface area contributed by atoms with Gasteiger partial charge in [-0.05, 0) is 13.8 Å². The minimum absolute atomic E-state index is 0.350. The van der Waals surface area contributed by atoms with Gasteiger partial charge in [0.15, 0.2) is 6.10 Å². The van der Waals surface area contributed by atoms with Crippen molar-refractivity contribution in [2.45, 2.75) is 32.2 Å². The molecule has 2 atom stereocenters. The Balaban J connectivity index is 2.60. The Labute approximate surface area is 83.8 Å². The van der Waals surface area contributed by atoms with Gasteiger partial charge < -0.3 is 14.2 Å². The van der Waals surface area contributed by atoms with E-state index in [2.05, 4.69) is 6.58 Å². The summed E-state index contributed by atoms with van der Waals surface area (Å²) in [6.45, 7) is 7.43. The number of ether oxygens (including phenoxy) is 3. The standard InChI is InChI=1S/C10H16O4/c1-7(2)9(11)14-8-5-6-13-10(8,3)12-4/h8H,1,5-6H2,2-4H3. The van der Waals surface area contributed by atoms with E-state index in [9.17, 15) is 4.79 Å². The van der Waals surface area contributed by atoms with Crippen LogP contribution in [-0.2, 0) is 19.0 Å². The monoisotopic (exact) mass is 200 g/mol. The number of hydrogen-bond acceptors (Lipinski definition) is 4. The van der Waals surface area contributed by atoms with Crippen LogP contribution in [0.3, 0.4) is 0 Å². The number of esters is 1. The van der Waals surface area contributed by atoms with Crippen molar-refractivity contribution in [3.05, 3.63) is 12.2 Å². The van der Waals surface area contributed by atoms with Crippen LogP contribution in [0.5, 0.6) is 0 Å². The number of carbonyl (C=O) groups excluding carboxylic acids is 1. The van der Waals surface area contributed by atoms with E-state index in [0.29, 0.717) is 18.6 Å². The van der Waals surface area contributed by atoms with E-state index in [4.69, 9.17) is 14.2 Å². The van der Waals surface area contributed by atoms with Crippen LogP contribution in [0.15, 0.2) is 12.2 Å². The maximum absolute atomic E-state index is 11.3. The van der Waals surface area contributed by atoms with Crippen LogP contribution < -0.4 is 0 Å². The molecule has 1 aliphatic heterocycles. The predicted octanol–water partition coefficient (Wildman–Crippen LogP) is 1.26. The van der Waals surface area contributed by atoms with E-state index in [1.165, 1.54) is 7.11 Å². The number of hydrogen-bond donors (Lipinski definition) is 0. The summed E-state index contributed by atoms with van der Waals surface area (Å²) in [5, 5.41) is 0. The molecule has 1 saturated heterocycles. The van der Waals surface area contributed by atoms with Crippen molar-refractivity contribution in [3.8, 4) is 0 Å². The second-order valence-corrected chi connectivity index (χ2v) is 3.53. The molecule has 2 unspecified atom stereocenters. The first-order valence-corrected chi connectivity index (χ1v) is 4.55. The van der Waals surface area contributed by atoms with E-state index in [1.54, 1.807) is 13.8 Å². The van der Waals surface area contributed by atoms with Gasteiger partial charge in [-0.15, -0.1) is 0 Å². The molecule has 1 fully saturated rings.